The molecule has 2 heterocycles. The molecule has 0 bridgehead atoms. The molecule has 1 aromatic heterocycles. The summed E-state index contributed by atoms with van der Waals surface area (Å²) in [4.78, 5) is 28.0. The van der Waals surface area contributed by atoms with Gasteiger partial charge in [0.2, 0.25) is 0 Å². The van der Waals surface area contributed by atoms with Crippen LogP contribution in [0.3, 0.4) is 0 Å². The Kier molecular flexibility index (Phi) is 2.96. The molecule has 0 aliphatic carbocycles. The van der Waals surface area contributed by atoms with E-state index in [4.69, 9.17) is 0 Å². The highest BCUT2D eigenvalue weighted by molar-refractivity contribution is 5.90. The highest BCUT2D eigenvalue weighted by Crippen LogP contribution is 2.20. The number of carbonyl (C=O) groups excluding carboxylic acids is 2. The van der Waals surface area contributed by atoms with Crippen LogP contribution in [-0.4, -0.2) is 34.9 Å². The molecule has 0 amide bonds. The van der Waals surface area contributed by atoms with Gasteiger partial charge >= 0.3 is 11.9 Å². The summed E-state index contributed by atoms with van der Waals surface area (Å²) >= 11 is 0. The van der Waals surface area contributed by atoms with Crippen molar-refractivity contribution in [2.75, 3.05) is 13.1 Å². The second-order valence-corrected chi connectivity index (χ2v) is 3.71. The Morgan fingerprint density at radius 1 is 1.38 bits per heavy atom. The van der Waals surface area contributed by atoms with E-state index in [1.54, 1.807) is 17.3 Å². The molecule has 0 radical (unpaired) electrons. The topological polar surface area (TPSA) is 59.5 Å². The number of morpholine rings is 1. The van der Waals surface area contributed by atoms with Crippen molar-refractivity contribution in [3.05, 3.63) is 30.1 Å². The lowest BCUT2D eigenvalue weighted by Gasteiger charge is -2.29. The van der Waals surface area contributed by atoms with Crippen LogP contribution in [0.2, 0.25) is 0 Å². The Labute approximate surface area is 93.0 Å². The molecule has 0 spiro atoms. The van der Waals surface area contributed by atoms with E-state index in [0.29, 0.717) is 0 Å². The largest absolute Gasteiger partial charge is 0.391 e. The molecule has 5 heteroatoms. The second kappa shape index (κ2) is 4.40. The number of pyridine rings is 1. The van der Waals surface area contributed by atoms with Crippen molar-refractivity contribution in [1.29, 1.82) is 0 Å². The minimum atomic E-state index is -0.494. The number of nitrogens with zero attached hydrogens (tertiary/aromatic N) is 2. The zero-order valence-corrected chi connectivity index (χ0v) is 8.92. The average Bonchev–Trinajstić information content (AvgIpc) is 2.28. The molecule has 1 unspecified atom stereocenters. The molecule has 0 N–H and O–H groups in total. The predicted molar refractivity (Wildman–Crippen MR) is 55.3 cm³/mol. The molecule has 1 atom stereocenters. The lowest BCUT2D eigenvalue weighted by molar-refractivity contribution is -0.167. The zero-order valence-electron chi connectivity index (χ0n) is 8.92. The van der Waals surface area contributed by atoms with Gasteiger partial charge in [0.1, 0.15) is 0 Å². The fourth-order valence-corrected chi connectivity index (χ4v) is 1.69. The highest BCUT2D eigenvalue weighted by Gasteiger charge is 2.28. The van der Waals surface area contributed by atoms with Crippen LogP contribution in [-0.2, 0) is 14.3 Å². The standard InChI is InChI=1S/C11H12N2O3/c1-8(9-3-2-4-12-5-9)13-6-10(14)16-11(15)7-13/h2-5,8H,6-7H2,1H3. The van der Waals surface area contributed by atoms with Crippen molar-refractivity contribution in [3.63, 3.8) is 0 Å². The third-order valence-corrected chi connectivity index (χ3v) is 2.61. The van der Waals surface area contributed by atoms with Gasteiger partial charge in [-0.2, -0.15) is 0 Å². The van der Waals surface area contributed by atoms with Crippen LogP contribution in [0, 0.1) is 0 Å². The molecule has 0 saturated carbocycles. The van der Waals surface area contributed by atoms with E-state index in [2.05, 4.69) is 9.72 Å². The molecule has 16 heavy (non-hydrogen) atoms. The van der Waals surface area contributed by atoms with E-state index in [9.17, 15) is 9.59 Å². The normalized spacial score (nSPS) is 19.3. The Balaban J connectivity index is 2.13. The maximum absolute atomic E-state index is 11.1. The molecule has 5 nitrogen and oxygen atoms in total. The number of cyclic esters (lactones) is 2. The van der Waals surface area contributed by atoms with Crippen molar-refractivity contribution >= 4 is 11.9 Å². The van der Waals surface area contributed by atoms with E-state index in [1.807, 2.05) is 19.1 Å². The third kappa shape index (κ3) is 2.25. The van der Waals surface area contributed by atoms with Crippen molar-refractivity contribution in [2.24, 2.45) is 0 Å². The quantitative estimate of drug-likeness (QED) is 0.537. The maximum Gasteiger partial charge on any atom is 0.327 e. The minimum Gasteiger partial charge on any atom is -0.391 e. The Morgan fingerprint density at radius 3 is 2.62 bits per heavy atom. The second-order valence-electron chi connectivity index (χ2n) is 3.71. The summed E-state index contributed by atoms with van der Waals surface area (Å²) in [7, 11) is 0. The third-order valence-electron chi connectivity index (χ3n) is 2.61. The fraction of sp³-hybridized carbons (Fsp3) is 0.364. The highest BCUT2D eigenvalue weighted by atomic mass is 16.6. The molecule has 0 aromatic carbocycles. The van der Waals surface area contributed by atoms with Gasteiger partial charge in [-0.25, -0.2) is 0 Å². The molecule has 1 aliphatic rings. The molecule has 1 saturated heterocycles. The first-order chi connectivity index (χ1) is 7.66. The zero-order chi connectivity index (χ0) is 11.5. The Bertz CT molecular complexity index is 389. The number of esters is 2. The lowest BCUT2D eigenvalue weighted by Crippen LogP contribution is -2.44. The van der Waals surface area contributed by atoms with E-state index in [0.717, 1.165) is 5.56 Å². The molecule has 1 aliphatic heterocycles. The summed E-state index contributed by atoms with van der Waals surface area (Å²) in [5.74, 6) is -0.987. The van der Waals surface area contributed by atoms with Gasteiger partial charge in [0, 0.05) is 18.4 Å². The van der Waals surface area contributed by atoms with Crippen LogP contribution < -0.4 is 0 Å². The SMILES string of the molecule is CC(c1cccnc1)N1CC(=O)OC(=O)C1. The summed E-state index contributed by atoms with van der Waals surface area (Å²) < 4.78 is 4.47. The van der Waals surface area contributed by atoms with Gasteiger partial charge in [-0.3, -0.25) is 19.5 Å². The monoisotopic (exact) mass is 220 g/mol. The predicted octanol–water partition coefficient (Wildman–Crippen LogP) is 0.528. The smallest absolute Gasteiger partial charge is 0.327 e. The van der Waals surface area contributed by atoms with Gasteiger partial charge in [-0.1, -0.05) is 6.07 Å². The molecule has 84 valence electrons. The van der Waals surface area contributed by atoms with E-state index < -0.39 is 11.9 Å². The molecular formula is C11H12N2O3. The summed E-state index contributed by atoms with van der Waals surface area (Å²) in [5, 5.41) is 0. The Morgan fingerprint density at radius 2 is 2.06 bits per heavy atom. The van der Waals surface area contributed by atoms with Gasteiger partial charge in [-0.15, -0.1) is 0 Å². The average molecular weight is 220 g/mol. The first-order valence-corrected chi connectivity index (χ1v) is 5.04. The van der Waals surface area contributed by atoms with Gasteiger partial charge in [0.25, 0.3) is 0 Å². The summed E-state index contributed by atoms with van der Waals surface area (Å²) in [6, 6.07) is 3.73. The first-order valence-electron chi connectivity index (χ1n) is 5.04. The Hall–Kier alpha value is -1.75. The van der Waals surface area contributed by atoms with Gasteiger partial charge in [-0.05, 0) is 18.6 Å². The summed E-state index contributed by atoms with van der Waals surface area (Å²) in [6.07, 6.45) is 3.42. The number of carbonyl (C=O) groups is 2. The van der Waals surface area contributed by atoms with Crippen molar-refractivity contribution in [1.82, 2.24) is 9.88 Å². The molecule has 1 fully saturated rings. The number of hydrogen-bond acceptors (Lipinski definition) is 5. The van der Waals surface area contributed by atoms with Crippen molar-refractivity contribution < 1.29 is 14.3 Å². The van der Waals surface area contributed by atoms with Crippen molar-refractivity contribution in [2.45, 2.75) is 13.0 Å². The van der Waals surface area contributed by atoms with E-state index in [-0.39, 0.29) is 19.1 Å². The van der Waals surface area contributed by atoms with Gasteiger partial charge in [0.05, 0.1) is 13.1 Å². The number of ether oxygens (including phenoxy) is 1. The molecule has 1 aromatic rings. The van der Waals surface area contributed by atoms with Crippen LogP contribution >= 0.6 is 0 Å². The van der Waals surface area contributed by atoms with Crippen LogP contribution in [0.4, 0.5) is 0 Å². The van der Waals surface area contributed by atoms with E-state index in [1.165, 1.54) is 0 Å². The van der Waals surface area contributed by atoms with Crippen LogP contribution in [0.25, 0.3) is 0 Å². The maximum atomic E-state index is 11.1. The molecular weight excluding hydrogens is 208 g/mol. The molecule has 2 rings (SSSR count). The summed E-state index contributed by atoms with van der Waals surface area (Å²) in [6.45, 7) is 2.21. The first kappa shape index (κ1) is 10.8. The number of hydrogen-bond donors (Lipinski definition) is 0. The van der Waals surface area contributed by atoms with Crippen LogP contribution in [0.1, 0.15) is 18.5 Å². The van der Waals surface area contributed by atoms with E-state index >= 15 is 0 Å². The van der Waals surface area contributed by atoms with Gasteiger partial charge in [0.15, 0.2) is 0 Å². The summed E-state index contributed by atoms with van der Waals surface area (Å²) in [5.41, 5.74) is 0.977. The van der Waals surface area contributed by atoms with Crippen molar-refractivity contribution in [3.8, 4) is 0 Å². The fourth-order valence-electron chi connectivity index (χ4n) is 1.69. The minimum absolute atomic E-state index is 0.0227. The van der Waals surface area contributed by atoms with Crippen LogP contribution in [0.5, 0.6) is 0 Å². The number of rotatable bonds is 2. The van der Waals surface area contributed by atoms with Crippen LogP contribution in [0.15, 0.2) is 24.5 Å². The number of aromatic nitrogens is 1. The lowest BCUT2D eigenvalue weighted by atomic mass is 10.1. The van der Waals surface area contributed by atoms with Gasteiger partial charge < -0.3 is 4.74 Å².